The van der Waals surface area contributed by atoms with Crippen LogP contribution in [0.4, 0.5) is 11.6 Å². The van der Waals surface area contributed by atoms with Crippen LogP contribution in [0.1, 0.15) is 37.2 Å². The Morgan fingerprint density at radius 3 is 2.77 bits per heavy atom. The van der Waals surface area contributed by atoms with Gasteiger partial charge in [0.2, 0.25) is 5.95 Å². The van der Waals surface area contributed by atoms with Crippen LogP contribution in [0.3, 0.4) is 0 Å². The van der Waals surface area contributed by atoms with Crippen molar-refractivity contribution in [3.05, 3.63) is 65.4 Å². The summed E-state index contributed by atoms with van der Waals surface area (Å²) in [6.45, 7) is 4.00. The van der Waals surface area contributed by atoms with Crippen LogP contribution in [0.25, 0.3) is 22.2 Å². The lowest BCUT2D eigenvalue weighted by Gasteiger charge is -2.38. The molecule has 1 saturated carbocycles. The van der Waals surface area contributed by atoms with E-state index < -0.39 is 0 Å². The van der Waals surface area contributed by atoms with E-state index in [1.165, 1.54) is 11.3 Å². The number of hydrogen-bond donors (Lipinski definition) is 3. The highest BCUT2D eigenvalue weighted by molar-refractivity contribution is 6.33. The first kappa shape index (κ1) is 25.6. The lowest BCUT2D eigenvalue weighted by molar-refractivity contribution is 0.148. The molecule has 9 heteroatoms. The minimum absolute atomic E-state index is 0.141. The van der Waals surface area contributed by atoms with E-state index in [0.29, 0.717) is 34.7 Å². The molecule has 40 heavy (non-hydrogen) atoms. The van der Waals surface area contributed by atoms with Gasteiger partial charge in [-0.2, -0.15) is 0 Å². The van der Waals surface area contributed by atoms with Gasteiger partial charge in [0.25, 0.3) is 0 Å². The number of β-amino-alcohol motifs (C(OH)–C–C–N with tert-alkyl or cyclic N) is 1. The van der Waals surface area contributed by atoms with E-state index in [1.807, 2.05) is 24.4 Å². The molecule has 0 spiro atoms. The van der Waals surface area contributed by atoms with Gasteiger partial charge >= 0.3 is 0 Å². The van der Waals surface area contributed by atoms with E-state index in [4.69, 9.17) is 21.3 Å². The number of ether oxygens (including phenoxy) is 1. The Hall–Kier alpha value is -3.33. The monoisotopic (exact) mass is 558 g/mol. The Morgan fingerprint density at radius 2 is 1.98 bits per heavy atom. The van der Waals surface area contributed by atoms with Gasteiger partial charge in [0.05, 0.1) is 30.1 Å². The molecule has 0 amide bonds. The lowest BCUT2D eigenvalue weighted by atomic mass is 10.0. The van der Waals surface area contributed by atoms with Crippen LogP contribution in [0.15, 0.2) is 54.9 Å². The number of aromatic nitrogens is 3. The Morgan fingerprint density at radius 1 is 1.10 bits per heavy atom. The molecule has 8 nitrogen and oxygen atoms in total. The Balaban J connectivity index is 1.01. The van der Waals surface area contributed by atoms with Crippen molar-refractivity contribution < 1.29 is 9.84 Å². The summed E-state index contributed by atoms with van der Waals surface area (Å²) in [5.74, 6) is 1.83. The molecule has 2 aromatic heterocycles. The fraction of sp³-hybridized carbons (Fsp3) is 0.419. The SMILES string of the molecule is COc1ccc2c(-c3nc(NC4CC4c4cccc(N5CCC(N6CCC(O)C6)CC5)c4)ncc3Cl)c[nH]c2c1. The fourth-order valence-corrected chi connectivity index (χ4v) is 6.68. The Labute approximate surface area is 239 Å². The van der Waals surface area contributed by atoms with Crippen molar-refractivity contribution in [1.29, 1.82) is 0 Å². The zero-order valence-electron chi connectivity index (χ0n) is 22.7. The average molecular weight is 559 g/mol. The van der Waals surface area contributed by atoms with Crippen LogP contribution in [0.5, 0.6) is 5.75 Å². The van der Waals surface area contributed by atoms with Crippen molar-refractivity contribution in [3.8, 4) is 17.0 Å². The van der Waals surface area contributed by atoms with E-state index in [-0.39, 0.29) is 6.10 Å². The number of aromatic amines is 1. The number of halogens is 1. The van der Waals surface area contributed by atoms with Crippen LogP contribution in [-0.4, -0.2) is 76.4 Å². The van der Waals surface area contributed by atoms with E-state index in [2.05, 4.69) is 49.4 Å². The summed E-state index contributed by atoms with van der Waals surface area (Å²) in [4.78, 5) is 17.6. The number of aliphatic hydroxyl groups is 1. The van der Waals surface area contributed by atoms with Crippen molar-refractivity contribution in [3.63, 3.8) is 0 Å². The summed E-state index contributed by atoms with van der Waals surface area (Å²) < 4.78 is 5.35. The predicted molar refractivity (Wildman–Crippen MR) is 160 cm³/mol. The van der Waals surface area contributed by atoms with Crippen molar-refractivity contribution in [2.45, 2.75) is 49.8 Å². The number of likely N-dealkylation sites (tertiary alicyclic amines) is 1. The molecule has 3 unspecified atom stereocenters. The maximum atomic E-state index is 9.91. The molecule has 4 aromatic rings. The molecular formula is C31H35ClN6O2. The molecular weight excluding hydrogens is 524 g/mol. The summed E-state index contributed by atoms with van der Waals surface area (Å²) in [5, 5.41) is 15.0. The number of rotatable bonds is 7. The molecule has 3 atom stereocenters. The normalized spacial score (nSPS) is 23.6. The first-order valence-corrected chi connectivity index (χ1v) is 14.6. The highest BCUT2D eigenvalue weighted by Gasteiger charge is 2.39. The van der Waals surface area contributed by atoms with Gasteiger partial charge in [0.1, 0.15) is 5.75 Å². The second-order valence-electron chi connectivity index (χ2n) is 11.3. The van der Waals surface area contributed by atoms with Crippen molar-refractivity contribution in [1.82, 2.24) is 19.9 Å². The van der Waals surface area contributed by atoms with Gasteiger partial charge < -0.3 is 25.0 Å². The minimum Gasteiger partial charge on any atom is -0.497 e. The van der Waals surface area contributed by atoms with Gasteiger partial charge in [-0.3, -0.25) is 4.90 Å². The molecule has 3 N–H and O–H groups in total. The number of anilines is 2. The third-order valence-corrected chi connectivity index (χ3v) is 9.11. The number of piperidine rings is 1. The Bertz CT molecular complexity index is 1520. The van der Waals surface area contributed by atoms with Crippen LogP contribution in [-0.2, 0) is 0 Å². The molecule has 0 bridgehead atoms. The van der Waals surface area contributed by atoms with E-state index in [1.54, 1.807) is 13.3 Å². The predicted octanol–water partition coefficient (Wildman–Crippen LogP) is 5.29. The fourth-order valence-electron chi connectivity index (χ4n) is 6.48. The van der Waals surface area contributed by atoms with Crippen LogP contribution >= 0.6 is 11.6 Å². The zero-order valence-corrected chi connectivity index (χ0v) is 23.4. The number of aliphatic hydroxyl groups excluding tert-OH is 1. The third-order valence-electron chi connectivity index (χ3n) is 8.83. The van der Waals surface area contributed by atoms with Crippen LogP contribution < -0.4 is 15.0 Å². The van der Waals surface area contributed by atoms with Gasteiger partial charge in [-0.05, 0) is 55.5 Å². The minimum atomic E-state index is -0.141. The number of nitrogens with one attached hydrogen (secondary N) is 2. The molecule has 2 aliphatic heterocycles. The van der Waals surface area contributed by atoms with Crippen LogP contribution in [0.2, 0.25) is 5.02 Å². The molecule has 2 aromatic carbocycles. The summed E-state index contributed by atoms with van der Waals surface area (Å²) in [6, 6.07) is 15.9. The first-order chi connectivity index (χ1) is 19.6. The molecule has 0 radical (unpaired) electrons. The van der Waals surface area contributed by atoms with Crippen molar-refractivity contribution in [2.75, 3.05) is 43.5 Å². The molecule has 3 aliphatic rings. The van der Waals surface area contributed by atoms with E-state index >= 15 is 0 Å². The largest absolute Gasteiger partial charge is 0.497 e. The summed E-state index contributed by atoms with van der Waals surface area (Å²) in [7, 11) is 1.66. The summed E-state index contributed by atoms with van der Waals surface area (Å²) in [5.41, 5.74) is 5.29. The van der Waals surface area contributed by atoms with Crippen molar-refractivity contribution >= 4 is 34.1 Å². The molecule has 1 aliphatic carbocycles. The second kappa shape index (κ2) is 10.6. The van der Waals surface area contributed by atoms with Gasteiger partial charge in [-0.15, -0.1) is 0 Å². The van der Waals surface area contributed by atoms with Gasteiger partial charge in [0, 0.05) is 78.6 Å². The summed E-state index contributed by atoms with van der Waals surface area (Å²) in [6.07, 6.45) is 7.76. The Kier molecular flexibility index (Phi) is 6.78. The smallest absolute Gasteiger partial charge is 0.223 e. The number of H-pyrrole nitrogens is 1. The maximum absolute atomic E-state index is 9.91. The van der Waals surface area contributed by atoms with Gasteiger partial charge in [-0.1, -0.05) is 23.7 Å². The molecule has 7 rings (SSSR count). The highest BCUT2D eigenvalue weighted by atomic mass is 35.5. The molecule has 208 valence electrons. The second-order valence-corrected chi connectivity index (χ2v) is 11.8. The number of methoxy groups -OCH3 is 1. The molecule has 3 fully saturated rings. The van der Waals surface area contributed by atoms with Gasteiger partial charge in [-0.25, -0.2) is 9.97 Å². The lowest BCUT2D eigenvalue weighted by Crippen LogP contribution is -2.44. The van der Waals surface area contributed by atoms with Crippen molar-refractivity contribution in [2.24, 2.45) is 0 Å². The highest BCUT2D eigenvalue weighted by Crippen LogP contribution is 2.44. The third kappa shape index (κ3) is 5.00. The molecule has 4 heterocycles. The standard InChI is InChI=1S/C31H35ClN6O2/c1-40-23-5-6-24-26(16-33-28(24)14-23)30-27(32)17-34-31(36-30)35-29-15-25(29)19-3-2-4-21(13-19)37-10-7-20(8-11-37)38-12-9-22(39)18-38/h2-6,13-14,16-17,20,22,25,29,33,39H,7-12,15,18H2,1H3,(H,34,35,36). The number of nitrogens with zero attached hydrogens (tertiary/aromatic N) is 4. The number of fused-ring (bicyclic) bond motifs is 1. The number of hydrogen-bond acceptors (Lipinski definition) is 7. The topological polar surface area (TPSA) is 89.5 Å². The van der Waals surface area contributed by atoms with E-state index in [0.717, 1.165) is 74.1 Å². The van der Waals surface area contributed by atoms with Crippen LogP contribution in [0, 0.1) is 0 Å². The average Bonchev–Trinajstić information content (AvgIpc) is 3.40. The van der Waals surface area contributed by atoms with E-state index in [9.17, 15) is 5.11 Å². The van der Waals surface area contributed by atoms with Gasteiger partial charge in [0.15, 0.2) is 0 Å². The summed E-state index contributed by atoms with van der Waals surface area (Å²) >= 11 is 6.56. The zero-order chi connectivity index (χ0) is 27.2. The number of benzene rings is 2. The first-order valence-electron chi connectivity index (χ1n) is 14.3. The quantitative estimate of drug-likeness (QED) is 0.284. The molecule has 2 saturated heterocycles. The maximum Gasteiger partial charge on any atom is 0.223 e.